The van der Waals surface area contributed by atoms with Crippen molar-refractivity contribution in [2.75, 3.05) is 0 Å². The number of rotatable bonds is 2. The van der Waals surface area contributed by atoms with Gasteiger partial charge in [-0.25, -0.2) is 0 Å². The molecule has 0 N–H and O–H groups in total. The third-order valence-corrected chi connectivity index (χ3v) is 9.29. The van der Waals surface area contributed by atoms with E-state index in [9.17, 15) is 0 Å². The summed E-state index contributed by atoms with van der Waals surface area (Å²) < 4.78 is 6.30. The second kappa shape index (κ2) is 8.19. The number of hydrogen-bond donors (Lipinski definition) is 0. The monoisotopic (exact) mass is 522 g/mol. The second-order valence-corrected chi connectivity index (χ2v) is 11.5. The first kappa shape index (κ1) is 22.7. The first-order chi connectivity index (χ1) is 20.2. The van der Waals surface area contributed by atoms with Gasteiger partial charge >= 0.3 is 0 Å². The molecule has 0 amide bonds. The Balaban J connectivity index is 1.30. The molecule has 1 unspecified atom stereocenters. The van der Waals surface area contributed by atoms with E-state index in [-0.39, 0.29) is 5.41 Å². The summed E-state index contributed by atoms with van der Waals surface area (Å²) in [7, 11) is 0. The van der Waals surface area contributed by atoms with E-state index in [1.54, 1.807) is 0 Å². The van der Waals surface area contributed by atoms with E-state index in [2.05, 4.69) is 140 Å². The Hall–Kier alpha value is -5.14. The molecule has 0 bridgehead atoms. The standard InChI is InChI=1S/C40H26O/c1-40(30-13-3-2-4-14-30)35-24-27(18-19-31(35)33-21-25-10-5-6-11-26(25)23-36(33)40)29-20-28-12-9-17-38-39(28)34(22-29)32-15-7-8-16-37(32)41-38/h2-24H,1H3. The van der Waals surface area contributed by atoms with Crippen molar-refractivity contribution in [2.24, 2.45) is 0 Å². The summed E-state index contributed by atoms with van der Waals surface area (Å²) in [6.45, 7) is 2.40. The van der Waals surface area contributed by atoms with Crippen molar-refractivity contribution in [3.05, 3.63) is 156 Å². The van der Waals surface area contributed by atoms with Crippen LogP contribution in [0.3, 0.4) is 0 Å². The normalized spacial score (nSPS) is 16.2. The Labute approximate surface area is 239 Å². The number of hydrogen-bond acceptors (Lipinski definition) is 1. The molecule has 7 aromatic rings. The molecule has 1 heterocycles. The van der Waals surface area contributed by atoms with E-state index in [4.69, 9.17) is 4.74 Å². The minimum Gasteiger partial charge on any atom is -0.456 e. The second-order valence-electron chi connectivity index (χ2n) is 11.5. The van der Waals surface area contributed by atoms with Crippen LogP contribution in [0.25, 0.3) is 54.9 Å². The predicted molar refractivity (Wildman–Crippen MR) is 170 cm³/mol. The van der Waals surface area contributed by atoms with Gasteiger partial charge in [0.1, 0.15) is 11.5 Å². The van der Waals surface area contributed by atoms with Gasteiger partial charge in [-0.05, 0) is 110 Å². The van der Waals surface area contributed by atoms with Gasteiger partial charge in [0, 0.05) is 16.4 Å². The molecule has 192 valence electrons. The molecule has 1 nitrogen and oxygen atoms in total. The van der Waals surface area contributed by atoms with Gasteiger partial charge in [0.15, 0.2) is 0 Å². The fraction of sp³-hybridized carbons (Fsp3) is 0.0500. The maximum atomic E-state index is 6.30. The smallest absolute Gasteiger partial charge is 0.135 e. The first-order valence-electron chi connectivity index (χ1n) is 14.3. The van der Waals surface area contributed by atoms with Crippen LogP contribution in [-0.2, 0) is 5.41 Å². The van der Waals surface area contributed by atoms with Gasteiger partial charge in [-0.3, -0.25) is 0 Å². The van der Waals surface area contributed by atoms with Gasteiger partial charge in [-0.1, -0.05) is 97.1 Å². The highest BCUT2D eigenvalue weighted by molar-refractivity contribution is 6.06. The molecule has 1 heteroatoms. The van der Waals surface area contributed by atoms with Gasteiger partial charge in [-0.15, -0.1) is 0 Å². The summed E-state index contributed by atoms with van der Waals surface area (Å²) in [6.07, 6.45) is 0. The van der Waals surface area contributed by atoms with Crippen LogP contribution in [-0.4, -0.2) is 0 Å². The zero-order valence-electron chi connectivity index (χ0n) is 22.7. The molecule has 0 saturated heterocycles. The van der Waals surface area contributed by atoms with Crippen LogP contribution in [0.15, 0.2) is 140 Å². The Bertz CT molecular complexity index is 2190. The number of fused-ring (bicyclic) bond motifs is 6. The van der Waals surface area contributed by atoms with Crippen LogP contribution >= 0.6 is 0 Å². The molecule has 0 radical (unpaired) electrons. The molecular formula is C40H26O. The van der Waals surface area contributed by atoms with Crippen LogP contribution in [0, 0.1) is 0 Å². The summed E-state index contributed by atoms with van der Waals surface area (Å²) in [6, 6.07) is 51.0. The minimum atomic E-state index is -0.259. The molecule has 0 fully saturated rings. The summed E-state index contributed by atoms with van der Waals surface area (Å²) in [5.41, 5.74) is 11.3. The predicted octanol–water partition coefficient (Wildman–Crippen LogP) is 10.8. The van der Waals surface area contributed by atoms with Crippen molar-refractivity contribution in [3.63, 3.8) is 0 Å². The number of ether oxygens (including phenoxy) is 1. The third kappa shape index (κ3) is 3.12. The van der Waals surface area contributed by atoms with Crippen molar-refractivity contribution >= 4 is 21.5 Å². The molecule has 1 aliphatic carbocycles. The fourth-order valence-corrected chi connectivity index (χ4v) is 7.23. The molecular weight excluding hydrogens is 496 g/mol. The molecule has 2 aliphatic rings. The van der Waals surface area contributed by atoms with Crippen molar-refractivity contribution in [2.45, 2.75) is 12.3 Å². The van der Waals surface area contributed by atoms with Crippen molar-refractivity contribution in [3.8, 4) is 44.9 Å². The molecule has 0 aromatic heterocycles. The van der Waals surface area contributed by atoms with Crippen molar-refractivity contribution in [1.82, 2.24) is 0 Å². The van der Waals surface area contributed by atoms with Crippen LogP contribution in [0.4, 0.5) is 0 Å². The summed E-state index contributed by atoms with van der Waals surface area (Å²) >= 11 is 0. The molecule has 41 heavy (non-hydrogen) atoms. The topological polar surface area (TPSA) is 9.23 Å². The van der Waals surface area contributed by atoms with Gasteiger partial charge in [0.2, 0.25) is 0 Å². The first-order valence-corrected chi connectivity index (χ1v) is 14.3. The lowest BCUT2D eigenvalue weighted by Crippen LogP contribution is -2.22. The highest BCUT2D eigenvalue weighted by Gasteiger charge is 2.41. The zero-order valence-corrected chi connectivity index (χ0v) is 22.7. The van der Waals surface area contributed by atoms with Crippen LogP contribution in [0.1, 0.15) is 23.6 Å². The lowest BCUT2D eigenvalue weighted by Gasteiger charge is -2.29. The lowest BCUT2D eigenvalue weighted by atomic mass is 9.73. The molecule has 9 rings (SSSR count). The summed E-state index contributed by atoms with van der Waals surface area (Å²) in [4.78, 5) is 0. The SMILES string of the molecule is CC1(c2ccccc2)c2cc(-c3cc4c5c(cccc5c3)Oc3ccccc3-4)ccc2-c2cc3ccccc3cc21. The highest BCUT2D eigenvalue weighted by atomic mass is 16.5. The van der Waals surface area contributed by atoms with E-state index in [0.29, 0.717) is 0 Å². The average molecular weight is 523 g/mol. The van der Waals surface area contributed by atoms with Crippen molar-refractivity contribution in [1.29, 1.82) is 0 Å². The van der Waals surface area contributed by atoms with Crippen molar-refractivity contribution < 1.29 is 4.74 Å². The lowest BCUT2D eigenvalue weighted by molar-refractivity contribution is 0.487. The Kier molecular flexibility index (Phi) is 4.52. The average Bonchev–Trinajstić information content (AvgIpc) is 3.28. The van der Waals surface area contributed by atoms with E-state index in [1.807, 2.05) is 6.07 Å². The maximum absolute atomic E-state index is 6.30. The van der Waals surface area contributed by atoms with E-state index in [0.717, 1.165) is 17.1 Å². The molecule has 0 spiro atoms. The largest absolute Gasteiger partial charge is 0.456 e. The van der Waals surface area contributed by atoms with Gasteiger partial charge in [-0.2, -0.15) is 0 Å². The Morgan fingerprint density at radius 1 is 0.439 bits per heavy atom. The van der Waals surface area contributed by atoms with Gasteiger partial charge in [0.05, 0.1) is 0 Å². The number of benzene rings is 7. The van der Waals surface area contributed by atoms with Crippen LogP contribution in [0.5, 0.6) is 11.5 Å². The quantitative estimate of drug-likeness (QED) is 0.219. The zero-order chi connectivity index (χ0) is 27.1. The maximum Gasteiger partial charge on any atom is 0.135 e. The fourth-order valence-electron chi connectivity index (χ4n) is 7.23. The van der Waals surface area contributed by atoms with E-state index in [1.165, 1.54) is 66.1 Å². The van der Waals surface area contributed by atoms with Gasteiger partial charge in [0.25, 0.3) is 0 Å². The van der Waals surface area contributed by atoms with Gasteiger partial charge < -0.3 is 4.74 Å². The number of para-hydroxylation sites is 1. The highest BCUT2D eigenvalue weighted by Crippen LogP contribution is 2.54. The summed E-state index contributed by atoms with van der Waals surface area (Å²) in [5.74, 6) is 1.84. The summed E-state index contributed by atoms with van der Waals surface area (Å²) in [5, 5.41) is 4.95. The molecule has 0 saturated carbocycles. The Morgan fingerprint density at radius 3 is 2.02 bits per heavy atom. The van der Waals surface area contributed by atoms with E-state index < -0.39 is 0 Å². The minimum absolute atomic E-state index is 0.259. The molecule has 7 aromatic carbocycles. The van der Waals surface area contributed by atoms with Crippen LogP contribution in [0.2, 0.25) is 0 Å². The third-order valence-electron chi connectivity index (χ3n) is 9.29. The van der Waals surface area contributed by atoms with E-state index >= 15 is 0 Å². The Morgan fingerprint density at radius 2 is 1.15 bits per heavy atom. The molecule has 1 atom stereocenters. The molecule has 1 aliphatic heterocycles. The van der Waals surface area contributed by atoms with Crippen LogP contribution < -0.4 is 4.74 Å².